The van der Waals surface area contributed by atoms with Gasteiger partial charge in [0.25, 0.3) is 5.69 Å². The number of anilines is 2. The number of aromatic nitrogens is 1. The second kappa shape index (κ2) is 5.35. The van der Waals surface area contributed by atoms with Crippen LogP contribution in [0.2, 0.25) is 0 Å². The van der Waals surface area contributed by atoms with Gasteiger partial charge in [-0.05, 0) is 25.1 Å². The Balaban J connectivity index is 2.23. The molecule has 0 fully saturated rings. The number of aryl methyl sites for hydroxylation is 1. The summed E-state index contributed by atoms with van der Waals surface area (Å²) in [6.45, 7) is 1.65. The Morgan fingerprint density at radius 2 is 2.10 bits per heavy atom. The first kappa shape index (κ1) is 13.5. The number of nitro benzene ring substituents is 1. The quantitative estimate of drug-likeness (QED) is 0.655. The van der Waals surface area contributed by atoms with Gasteiger partial charge in [-0.15, -0.1) is 0 Å². The number of carbonyl (C=O) groups is 1. The number of hydrogen-bond acceptors (Lipinski definition) is 5. The summed E-state index contributed by atoms with van der Waals surface area (Å²) in [6.07, 6.45) is 1.22. The van der Waals surface area contributed by atoms with Gasteiger partial charge >= 0.3 is 5.97 Å². The fourth-order valence-corrected chi connectivity index (χ4v) is 1.63. The summed E-state index contributed by atoms with van der Waals surface area (Å²) in [6, 6.07) is 7.62. The molecule has 1 aromatic heterocycles. The molecule has 0 aliphatic rings. The summed E-state index contributed by atoms with van der Waals surface area (Å²) in [5, 5.41) is 22.5. The van der Waals surface area contributed by atoms with E-state index in [0.29, 0.717) is 17.1 Å². The van der Waals surface area contributed by atoms with Gasteiger partial charge < -0.3 is 10.4 Å². The molecule has 0 radical (unpaired) electrons. The molecule has 0 unspecified atom stereocenters. The van der Waals surface area contributed by atoms with E-state index in [-0.39, 0.29) is 11.3 Å². The normalized spacial score (nSPS) is 10.1. The first-order chi connectivity index (χ1) is 9.47. The zero-order chi connectivity index (χ0) is 14.7. The predicted octanol–water partition coefficient (Wildman–Crippen LogP) is 2.74. The molecule has 7 heteroatoms. The minimum atomic E-state index is -1.06. The van der Waals surface area contributed by atoms with Gasteiger partial charge in [-0.2, -0.15) is 0 Å². The molecule has 0 bridgehead atoms. The largest absolute Gasteiger partial charge is 0.478 e. The number of pyridine rings is 1. The Kier molecular flexibility index (Phi) is 3.60. The van der Waals surface area contributed by atoms with Gasteiger partial charge in [0.05, 0.1) is 10.5 Å². The van der Waals surface area contributed by atoms with Crippen LogP contribution in [0.15, 0.2) is 36.5 Å². The lowest BCUT2D eigenvalue weighted by Crippen LogP contribution is -2.00. The number of aromatic carboxylic acids is 1. The molecule has 0 saturated carbocycles. The third-order valence-electron chi connectivity index (χ3n) is 2.69. The molecule has 20 heavy (non-hydrogen) atoms. The molecule has 0 amide bonds. The van der Waals surface area contributed by atoms with Crippen molar-refractivity contribution in [3.05, 3.63) is 57.8 Å². The SMILES string of the molecule is Cc1ccc(Nc2ccc(C(=O)O)cn2)cc1[N+](=O)[O-]. The number of carboxylic acids is 1. The van der Waals surface area contributed by atoms with E-state index in [4.69, 9.17) is 5.11 Å². The molecule has 0 spiro atoms. The second-order valence-electron chi connectivity index (χ2n) is 4.12. The third kappa shape index (κ3) is 2.89. The molecule has 1 heterocycles. The minimum absolute atomic E-state index is 0.0113. The van der Waals surface area contributed by atoms with Gasteiger partial charge in [0.15, 0.2) is 0 Å². The van der Waals surface area contributed by atoms with E-state index in [2.05, 4.69) is 10.3 Å². The predicted molar refractivity (Wildman–Crippen MR) is 72.3 cm³/mol. The molecular formula is C13H11N3O4. The molecule has 0 atom stereocenters. The van der Waals surface area contributed by atoms with Crippen LogP contribution in [0.3, 0.4) is 0 Å². The summed E-state index contributed by atoms with van der Waals surface area (Å²) in [7, 11) is 0. The summed E-state index contributed by atoms with van der Waals surface area (Å²) in [4.78, 5) is 25.0. The van der Waals surface area contributed by atoms with Gasteiger partial charge in [-0.3, -0.25) is 10.1 Å². The van der Waals surface area contributed by atoms with Crippen LogP contribution < -0.4 is 5.32 Å². The van der Waals surface area contributed by atoms with E-state index < -0.39 is 10.9 Å². The fraction of sp³-hybridized carbons (Fsp3) is 0.0769. The van der Waals surface area contributed by atoms with Crippen LogP contribution in [0.5, 0.6) is 0 Å². The summed E-state index contributed by atoms with van der Waals surface area (Å²) < 4.78 is 0. The second-order valence-corrected chi connectivity index (χ2v) is 4.12. The van der Waals surface area contributed by atoms with E-state index in [1.54, 1.807) is 19.1 Å². The van der Waals surface area contributed by atoms with Gasteiger partial charge in [0.1, 0.15) is 5.82 Å². The van der Waals surface area contributed by atoms with Gasteiger partial charge in [0.2, 0.25) is 0 Å². The number of nitrogens with zero attached hydrogens (tertiary/aromatic N) is 2. The van der Waals surface area contributed by atoms with E-state index >= 15 is 0 Å². The number of nitro groups is 1. The molecule has 0 aliphatic heterocycles. The van der Waals surface area contributed by atoms with Crippen molar-refractivity contribution < 1.29 is 14.8 Å². The number of nitrogens with one attached hydrogen (secondary N) is 1. The smallest absolute Gasteiger partial charge is 0.337 e. The number of carboxylic acid groups (broad SMARTS) is 1. The van der Waals surface area contributed by atoms with Crippen molar-refractivity contribution in [3.63, 3.8) is 0 Å². The zero-order valence-electron chi connectivity index (χ0n) is 10.5. The molecule has 1 aromatic carbocycles. The summed E-state index contributed by atoms with van der Waals surface area (Å²) >= 11 is 0. The standard InChI is InChI=1S/C13H11N3O4/c1-8-2-4-10(6-11(8)16(19)20)15-12-5-3-9(7-14-12)13(17)18/h2-7H,1H3,(H,14,15)(H,17,18). The number of rotatable bonds is 4. The average molecular weight is 273 g/mol. The van der Waals surface area contributed by atoms with Crippen molar-refractivity contribution in [3.8, 4) is 0 Å². The first-order valence-corrected chi connectivity index (χ1v) is 5.69. The molecule has 0 saturated heterocycles. The van der Waals surface area contributed by atoms with Crippen LogP contribution >= 0.6 is 0 Å². The van der Waals surface area contributed by atoms with Crippen molar-refractivity contribution >= 4 is 23.2 Å². The van der Waals surface area contributed by atoms with Crippen LogP contribution in [0.1, 0.15) is 15.9 Å². The highest BCUT2D eigenvalue weighted by Crippen LogP contribution is 2.24. The Morgan fingerprint density at radius 3 is 2.65 bits per heavy atom. The van der Waals surface area contributed by atoms with Gasteiger partial charge in [-0.25, -0.2) is 9.78 Å². The zero-order valence-corrected chi connectivity index (χ0v) is 10.5. The number of hydrogen-bond donors (Lipinski definition) is 2. The maximum atomic E-state index is 10.8. The van der Waals surface area contributed by atoms with Gasteiger partial charge in [-0.1, -0.05) is 6.07 Å². The molecule has 7 nitrogen and oxygen atoms in total. The van der Waals surface area contributed by atoms with Crippen LogP contribution in [-0.2, 0) is 0 Å². The van der Waals surface area contributed by atoms with Crippen LogP contribution in [0.25, 0.3) is 0 Å². The van der Waals surface area contributed by atoms with Crippen molar-refractivity contribution in [2.45, 2.75) is 6.92 Å². The molecule has 2 rings (SSSR count). The van der Waals surface area contributed by atoms with E-state index in [1.807, 2.05) is 0 Å². The highest BCUT2D eigenvalue weighted by molar-refractivity contribution is 5.87. The lowest BCUT2D eigenvalue weighted by molar-refractivity contribution is -0.385. The summed E-state index contributed by atoms with van der Waals surface area (Å²) in [5.74, 6) is -0.650. The highest BCUT2D eigenvalue weighted by atomic mass is 16.6. The maximum Gasteiger partial charge on any atom is 0.337 e. The monoisotopic (exact) mass is 273 g/mol. The van der Waals surface area contributed by atoms with Crippen molar-refractivity contribution in [2.24, 2.45) is 0 Å². The van der Waals surface area contributed by atoms with Crippen molar-refractivity contribution in [1.29, 1.82) is 0 Å². The Hall–Kier alpha value is -2.96. The molecule has 2 N–H and O–H groups in total. The lowest BCUT2D eigenvalue weighted by atomic mass is 10.2. The molecule has 102 valence electrons. The van der Waals surface area contributed by atoms with E-state index in [1.165, 1.54) is 24.4 Å². The third-order valence-corrected chi connectivity index (χ3v) is 2.69. The molecule has 2 aromatic rings. The van der Waals surface area contributed by atoms with Crippen LogP contribution in [0.4, 0.5) is 17.2 Å². The van der Waals surface area contributed by atoms with Crippen molar-refractivity contribution in [2.75, 3.05) is 5.32 Å². The number of benzene rings is 1. The maximum absolute atomic E-state index is 10.8. The van der Waals surface area contributed by atoms with E-state index in [0.717, 1.165) is 0 Å². The van der Waals surface area contributed by atoms with Gasteiger partial charge in [0, 0.05) is 23.5 Å². The summed E-state index contributed by atoms with van der Waals surface area (Å²) in [5.41, 5.74) is 1.16. The highest BCUT2D eigenvalue weighted by Gasteiger charge is 2.11. The first-order valence-electron chi connectivity index (χ1n) is 5.69. The molecule has 0 aliphatic carbocycles. The van der Waals surface area contributed by atoms with Crippen molar-refractivity contribution in [1.82, 2.24) is 4.98 Å². The minimum Gasteiger partial charge on any atom is -0.478 e. The topological polar surface area (TPSA) is 105 Å². The van der Waals surface area contributed by atoms with E-state index in [9.17, 15) is 14.9 Å². The Bertz CT molecular complexity index is 668. The molecular weight excluding hydrogens is 262 g/mol. The Labute approximate surface area is 114 Å². The average Bonchev–Trinajstić information content (AvgIpc) is 2.41. The fourth-order valence-electron chi connectivity index (χ4n) is 1.63. The lowest BCUT2D eigenvalue weighted by Gasteiger charge is -2.06. The Morgan fingerprint density at radius 1 is 1.35 bits per heavy atom. The van der Waals surface area contributed by atoms with Crippen LogP contribution in [-0.4, -0.2) is 21.0 Å². The van der Waals surface area contributed by atoms with Crippen LogP contribution in [0, 0.1) is 17.0 Å².